The molecule has 2 nitrogen and oxygen atoms in total. The number of rotatable bonds is 2. The van der Waals surface area contributed by atoms with E-state index in [1.165, 1.54) is 5.56 Å². The lowest BCUT2D eigenvalue weighted by molar-refractivity contribution is 0.377. The molecule has 0 N–H and O–H groups in total. The SMILES string of the molecule is CCc1noc(CC)c1C(C)(C)C. The van der Waals surface area contributed by atoms with Crippen LogP contribution in [0.1, 0.15) is 51.6 Å². The molecule has 0 aliphatic heterocycles. The highest BCUT2D eigenvalue weighted by Gasteiger charge is 2.24. The van der Waals surface area contributed by atoms with Gasteiger partial charge in [-0.1, -0.05) is 39.8 Å². The lowest BCUT2D eigenvalue weighted by atomic mass is 9.84. The zero-order chi connectivity index (χ0) is 10.1. The molecule has 1 rings (SSSR count). The Morgan fingerprint density at radius 2 is 1.77 bits per heavy atom. The van der Waals surface area contributed by atoms with Crippen molar-refractivity contribution in [3.05, 3.63) is 17.0 Å². The normalized spacial score (nSPS) is 12.1. The van der Waals surface area contributed by atoms with E-state index >= 15 is 0 Å². The lowest BCUT2D eigenvalue weighted by Crippen LogP contribution is -2.14. The van der Waals surface area contributed by atoms with Gasteiger partial charge in [-0.25, -0.2) is 0 Å². The highest BCUT2D eigenvalue weighted by atomic mass is 16.5. The Bertz CT molecular complexity index is 259. The molecule has 0 radical (unpaired) electrons. The van der Waals surface area contributed by atoms with Crippen LogP contribution in [0.5, 0.6) is 0 Å². The van der Waals surface area contributed by atoms with Gasteiger partial charge in [0, 0.05) is 12.0 Å². The zero-order valence-corrected chi connectivity index (χ0v) is 9.27. The van der Waals surface area contributed by atoms with E-state index in [4.69, 9.17) is 4.52 Å². The van der Waals surface area contributed by atoms with Crippen molar-refractivity contribution < 1.29 is 4.52 Å². The number of hydrogen-bond donors (Lipinski definition) is 0. The molecule has 0 spiro atoms. The van der Waals surface area contributed by atoms with Crippen LogP contribution in [0, 0.1) is 0 Å². The largest absolute Gasteiger partial charge is 0.361 e. The number of aromatic nitrogens is 1. The molecule has 0 atom stereocenters. The molecule has 0 aliphatic carbocycles. The molecule has 0 amide bonds. The van der Waals surface area contributed by atoms with Crippen molar-refractivity contribution in [3.8, 4) is 0 Å². The summed E-state index contributed by atoms with van der Waals surface area (Å²) in [5.74, 6) is 1.05. The molecule has 0 fully saturated rings. The van der Waals surface area contributed by atoms with Crippen LogP contribution in [0.25, 0.3) is 0 Å². The van der Waals surface area contributed by atoms with E-state index in [1.54, 1.807) is 0 Å². The molecule has 0 bridgehead atoms. The summed E-state index contributed by atoms with van der Waals surface area (Å²) in [5, 5.41) is 4.10. The van der Waals surface area contributed by atoms with Gasteiger partial charge in [-0.05, 0) is 11.8 Å². The van der Waals surface area contributed by atoms with Gasteiger partial charge in [0.15, 0.2) is 0 Å². The molecule has 74 valence electrons. The third kappa shape index (κ3) is 1.93. The summed E-state index contributed by atoms with van der Waals surface area (Å²) >= 11 is 0. The number of aryl methyl sites for hydroxylation is 2. The van der Waals surface area contributed by atoms with Gasteiger partial charge in [-0.2, -0.15) is 0 Å². The average Bonchev–Trinajstić information content (AvgIpc) is 2.45. The molecule has 0 aliphatic rings. The molecule has 0 saturated heterocycles. The predicted molar refractivity (Wildman–Crippen MR) is 54.0 cm³/mol. The molecule has 0 unspecified atom stereocenters. The fourth-order valence-corrected chi connectivity index (χ4v) is 1.70. The summed E-state index contributed by atoms with van der Waals surface area (Å²) in [6.07, 6.45) is 1.88. The van der Waals surface area contributed by atoms with E-state index in [0.29, 0.717) is 0 Å². The Balaban J connectivity index is 3.20. The maximum atomic E-state index is 5.31. The number of nitrogens with zero attached hydrogens (tertiary/aromatic N) is 1. The average molecular weight is 181 g/mol. The fraction of sp³-hybridized carbons (Fsp3) is 0.727. The summed E-state index contributed by atoms with van der Waals surface area (Å²) < 4.78 is 5.31. The standard InChI is InChI=1S/C11H19NO/c1-6-8-10(11(3,4)5)9(7-2)13-12-8/h6-7H2,1-5H3. The Kier molecular flexibility index (Phi) is 2.79. The van der Waals surface area contributed by atoms with Crippen molar-refractivity contribution in [1.29, 1.82) is 0 Å². The van der Waals surface area contributed by atoms with E-state index in [-0.39, 0.29) is 5.41 Å². The molecule has 0 aromatic carbocycles. The Morgan fingerprint density at radius 3 is 2.15 bits per heavy atom. The molecule has 1 heterocycles. The third-order valence-electron chi connectivity index (χ3n) is 2.24. The first-order valence-electron chi connectivity index (χ1n) is 4.98. The molecular formula is C11H19NO. The maximum Gasteiger partial charge on any atom is 0.140 e. The Hall–Kier alpha value is -0.790. The topological polar surface area (TPSA) is 26.0 Å². The summed E-state index contributed by atoms with van der Waals surface area (Å²) in [4.78, 5) is 0. The van der Waals surface area contributed by atoms with Gasteiger partial charge in [-0.15, -0.1) is 0 Å². The zero-order valence-electron chi connectivity index (χ0n) is 9.27. The molecule has 2 heteroatoms. The van der Waals surface area contributed by atoms with Crippen molar-refractivity contribution in [1.82, 2.24) is 5.16 Å². The minimum atomic E-state index is 0.149. The summed E-state index contributed by atoms with van der Waals surface area (Å²) in [6, 6.07) is 0. The molecule has 0 saturated carbocycles. The van der Waals surface area contributed by atoms with Crippen molar-refractivity contribution in [2.24, 2.45) is 0 Å². The van der Waals surface area contributed by atoms with E-state index in [2.05, 4.69) is 39.8 Å². The van der Waals surface area contributed by atoms with Gasteiger partial charge < -0.3 is 4.52 Å². The van der Waals surface area contributed by atoms with E-state index in [9.17, 15) is 0 Å². The van der Waals surface area contributed by atoms with Crippen LogP contribution in [0.4, 0.5) is 0 Å². The van der Waals surface area contributed by atoms with Crippen molar-refractivity contribution in [2.45, 2.75) is 52.9 Å². The highest BCUT2D eigenvalue weighted by Crippen LogP contribution is 2.29. The van der Waals surface area contributed by atoms with Gasteiger partial charge in [0.25, 0.3) is 0 Å². The Labute approximate surface area is 80.3 Å². The van der Waals surface area contributed by atoms with Crippen LogP contribution in [0.15, 0.2) is 4.52 Å². The first-order valence-corrected chi connectivity index (χ1v) is 4.98. The second kappa shape index (κ2) is 3.52. The fourth-order valence-electron chi connectivity index (χ4n) is 1.70. The van der Waals surface area contributed by atoms with Gasteiger partial charge in [0.05, 0.1) is 5.69 Å². The van der Waals surface area contributed by atoms with E-state index < -0.39 is 0 Å². The highest BCUT2D eigenvalue weighted by molar-refractivity contribution is 5.30. The molecular weight excluding hydrogens is 162 g/mol. The van der Waals surface area contributed by atoms with Crippen LogP contribution in [0.3, 0.4) is 0 Å². The second-order valence-electron chi connectivity index (χ2n) is 4.38. The minimum Gasteiger partial charge on any atom is -0.361 e. The molecule has 1 aromatic heterocycles. The van der Waals surface area contributed by atoms with Gasteiger partial charge in [0.1, 0.15) is 5.76 Å². The number of hydrogen-bond acceptors (Lipinski definition) is 2. The Morgan fingerprint density at radius 1 is 1.15 bits per heavy atom. The quantitative estimate of drug-likeness (QED) is 0.700. The summed E-state index contributed by atoms with van der Waals surface area (Å²) in [6.45, 7) is 10.8. The third-order valence-corrected chi connectivity index (χ3v) is 2.24. The molecule has 1 aromatic rings. The van der Waals surface area contributed by atoms with Crippen molar-refractivity contribution in [3.63, 3.8) is 0 Å². The monoisotopic (exact) mass is 181 g/mol. The molecule has 13 heavy (non-hydrogen) atoms. The van der Waals surface area contributed by atoms with Crippen LogP contribution in [-0.2, 0) is 18.3 Å². The van der Waals surface area contributed by atoms with Crippen LogP contribution >= 0.6 is 0 Å². The van der Waals surface area contributed by atoms with Crippen molar-refractivity contribution >= 4 is 0 Å². The smallest absolute Gasteiger partial charge is 0.140 e. The lowest BCUT2D eigenvalue weighted by Gasteiger charge is -2.18. The first-order chi connectivity index (χ1) is 6.00. The minimum absolute atomic E-state index is 0.149. The van der Waals surface area contributed by atoms with E-state index in [1.807, 2.05) is 0 Å². The predicted octanol–water partition coefficient (Wildman–Crippen LogP) is 3.10. The van der Waals surface area contributed by atoms with Gasteiger partial charge in [-0.3, -0.25) is 0 Å². The van der Waals surface area contributed by atoms with Crippen LogP contribution in [-0.4, -0.2) is 5.16 Å². The second-order valence-corrected chi connectivity index (χ2v) is 4.38. The summed E-state index contributed by atoms with van der Waals surface area (Å²) in [7, 11) is 0. The van der Waals surface area contributed by atoms with E-state index in [0.717, 1.165) is 24.3 Å². The van der Waals surface area contributed by atoms with Gasteiger partial charge in [0.2, 0.25) is 0 Å². The summed E-state index contributed by atoms with van der Waals surface area (Å²) in [5.41, 5.74) is 2.57. The van der Waals surface area contributed by atoms with Crippen LogP contribution in [0.2, 0.25) is 0 Å². The van der Waals surface area contributed by atoms with Crippen molar-refractivity contribution in [2.75, 3.05) is 0 Å². The maximum absolute atomic E-state index is 5.31. The first kappa shape index (κ1) is 10.3. The van der Waals surface area contributed by atoms with Gasteiger partial charge >= 0.3 is 0 Å². The van der Waals surface area contributed by atoms with Crippen LogP contribution < -0.4 is 0 Å².